The molecule has 74 valence electrons. The van der Waals surface area contributed by atoms with Crippen LogP contribution in [-0.2, 0) is 6.54 Å². The molecule has 1 heterocycles. The van der Waals surface area contributed by atoms with E-state index in [0.29, 0.717) is 5.69 Å². The molecule has 2 N–H and O–H groups in total. The normalized spacial score (nSPS) is 10.3. The Morgan fingerprint density at radius 2 is 2.29 bits per heavy atom. The minimum Gasteiger partial charge on any atom is -0.325 e. The van der Waals surface area contributed by atoms with Crippen molar-refractivity contribution < 1.29 is 8.78 Å². The molecule has 0 saturated heterocycles. The molecule has 0 aliphatic rings. The predicted molar refractivity (Wildman–Crippen MR) is 46.5 cm³/mol. The summed E-state index contributed by atoms with van der Waals surface area (Å²) in [6, 6.07) is 2.91. The molecule has 0 aromatic carbocycles. The van der Waals surface area contributed by atoms with E-state index in [1.54, 1.807) is 13.0 Å². The highest BCUT2D eigenvalue weighted by Gasteiger charge is 2.17. The van der Waals surface area contributed by atoms with E-state index in [0.717, 1.165) is 0 Å². The van der Waals surface area contributed by atoms with Crippen molar-refractivity contribution >= 4 is 0 Å². The van der Waals surface area contributed by atoms with E-state index < -0.39 is 6.43 Å². The zero-order valence-electron chi connectivity index (χ0n) is 7.59. The smallest absolute Gasteiger partial charge is 0.265 e. The summed E-state index contributed by atoms with van der Waals surface area (Å²) in [6.07, 6.45) is -2.67. The number of rotatable bonds is 2. The summed E-state index contributed by atoms with van der Waals surface area (Å²) < 4.78 is 25.0. The highest BCUT2D eigenvalue weighted by Crippen LogP contribution is 2.24. The van der Waals surface area contributed by atoms with Crippen LogP contribution in [0.3, 0.4) is 0 Å². The van der Waals surface area contributed by atoms with Crippen LogP contribution < -0.4 is 5.73 Å². The fourth-order valence-electron chi connectivity index (χ4n) is 1.21. The van der Waals surface area contributed by atoms with Gasteiger partial charge in [-0.3, -0.25) is 4.98 Å². The monoisotopic (exact) mass is 197 g/mol. The molecule has 0 atom stereocenters. The van der Waals surface area contributed by atoms with Gasteiger partial charge < -0.3 is 5.73 Å². The Hall–Kier alpha value is -1.54. The predicted octanol–water partition coefficient (Wildman–Crippen LogP) is 1.66. The minimum absolute atomic E-state index is 0.00963. The van der Waals surface area contributed by atoms with Crippen molar-refractivity contribution in [3.8, 4) is 6.07 Å². The van der Waals surface area contributed by atoms with Gasteiger partial charge in [0, 0.05) is 17.8 Å². The van der Waals surface area contributed by atoms with Crippen LogP contribution in [0, 0.1) is 18.3 Å². The third-order valence-corrected chi connectivity index (χ3v) is 1.79. The van der Waals surface area contributed by atoms with Gasteiger partial charge in [-0.2, -0.15) is 5.26 Å². The average Bonchev–Trinajstić information content (AvgIpc) is 2.16. The molecular formula is C9H9F2N3. The summed E-state index contributed by atoms with van der Waals surface area (Å²) in [5.74, 6) is 0. The van der Waals surface area contributed by atoms with Crippen LogP contribution in [0.2, 0.25) is 0 Å². The zero-order valence-corrected chi connectivity index (χ0v) is 7.59. The summed E-state index contributed by atoms with van der Waals surface area (Å²) >= 11 is 0. The van der Waals surface area contributed by atoms with Gasteiger partial charge in [-0.25, -0.2) is 8.78 Å². The summed E-state index contributed by atoms with van der Waals surface area (Å²) in [5, 5.41) is 8.69. The quantitative estimate of drug-likeness (QED) is 0.784. The van der Waals surface area contributed by atoms with Crippen LogP contribution in [0.4, 0.5) is 8.78 Å². The van der Waals surface area contributed by atoms with E-state index in [2.05, 4.69) is 4.98 Å². The first-order valence-electron chi connectivity index (χ1n) is 3.99. The van der Waals surface area contributed by atoms with Gasteiger partial charge >= 0.3 is 0 Å². The lowest BCUT2D eigenvalue weighted by Crippen LogP contribution is -2.07. The van der Waals surface area contributed by atoms with Crippen molar-refractivity contribution in [1.29, 1.82) is 5.26 Å². The second-order valence-corrected chi connectivity index (χ2v) is 2.79. The van der Waals surface area contributed by atoms with Crippen molar-refractivity contribution in [3.05, 3.63) is 28.6 Å². The topological polar surface area (TPSA) is 62.7 Å². The zero-order chi connectivity index (χ0) is 10.7. The number of nitriles is 1. The number of nitrogens with two attached hydrogens (primary N) is 1. The van der Waals surface area contributed by atoms with Crippen molar-refractivity contribution in [3.63, 3.8) is 0 Å². The van der Waals surface area contributed by atoms with Gasteiger partial charge in [0.2, 0.25) is 0 Å². The number of alkyl halides is 2. The van der Waals surface area contributed by atoms with Gasteiger partial charge in [0.15, 0.2) is 0 Å². The summed E-state index contributed by atoms with van der Waals surface area (Å²) in [5.41, 5.74) is 5.58. The fraction of sp³-hybridized carbons (Fsp3) is 0.333. The maximum atomic E-state index is 12.5. The summed E-state index contributed by atoms with van der Waals surface area (Å²) in [6.45, 7) is 1.58. The van der Waals surface area contributed by atoms with Gasteiger partial charge in [0.05, 0.1) is 11.3 Å². The Kier molecular flexibility index (Phi) is 3.10. The van der Waals surface area contributed by atoms with Gasteiger partial charge in [-0.1, -0.05) is 0 Å². The van der Waals surface area contributed by atoms with Crippen LogP contribution in [0.15, 0.2) is 6.07 Å². The minimum atomic E-state index is -2.67. The molecule has 0 spiro atoms. The highest BCUT2D eigenvalue weighted by molar-refractivity contribution is 5.42. The number of aromatic nitrogens is 1. The second kappa shape index (κ2) is 4.11. The van der Waals surface area contributed by atoms with Crippen LogP contribution >= 0.6 is 0 Å². The molecule has 0 amide bonds. The molecule has 5 heteroatoms. The Balaban J connectivity index is 3.41. The van der Waals surface area contributed by atoms with Gasteiger partial charge in [0.1, 0.15) is 6.07 Å². The second-order valence-electron chi connectivity index (χ2n) is 2.79. The van der Waals surface area contributed by atoms with Crippen molar-refractivity contribution in [2.45, 2.75) is 19.9 Å². The molecule has 14 heavy (non-hydrogen) atoms. The molecule has 0 aliphatic carbocycles. The van der Waals surface area contributed by atoms with Crippen molar-refractivity contribution in [2.75, 3.05) is 0 Å². The molecule has 1 aromatic heterocycles. The fourth-order valence-corrected chi connectivity index (χ4v) is 1.21. The third kappa shape index (κ3) is 1.86. The van der Waals surface area contributed by atoms with Crippen LogP contribution in [0.1, 0.15) is 28.9 Å². The van der Waals surface area contributed by atoms with Crippen LogP contribution in [-0.4, -0.2) is 4.98 Å². The van der Waals surface area contributed by atoms with E-state index in [1.165, 1.54) is 6.07 Å². The SMILES string of the molecule is Cc1cc(C(F)F)c(C#N)c(CN)n1. The van der Waals surface area contributed by atoms with E-state index in [9.17, 15) is 8.78 Å². The number of halogens is 2. The van der Waals surface area contributed by atoms with Crippen molar-refractivity contribution in [1.82, 2.24) is 4.98 Å². The molecule has 3 nitrogen and oxygen atoms in total. The maximum absolute atomic E-state index is 12.5. The molecule has 0 bridgehead atoms. The molecular weight excluding hydrogens is 188 g/mol. The van der Waals surface area contributed by atoms with E-state index >= 15 is 0 Å². The molecule has 1 rings (SSSR count). The van der Waals surface area contributed by atoms with Crippen LogP contribution in [0.5, 0.6) is 0 Å². The van der Waals surface area contributed by atoms with Crippen LogP contribution in [0.25, 0.3) is 0 Å². The first-order valence-corrected chi connectivity index (χ1v) is 3.99. The van der Waals surface area contributed by atoms with E-state index in [1.807, 2.05) is 0 Å². The standard InChI is InChI=1S/C9H9F2N3/c1-5-2-6(9(10)11)7(3-12)8(4-13)14-5/h2,9H,4,13H2,1H3. The molecule has 0 saturated carbocycles. The number of nitrogens with zero attached hydrogens (tertiary/aromatic N) is 2. The van der Waals surface area contributed by atoms with Gasteiger partial charge in [-0.15, -0.1) is 0 Å². The van der Waals surface area contributed by atoms with Gasteiger partial charge in [0.25, 0.3) is 6.43 Å². The Bertz CT molecular complexity index is 382. The third-order valence-electron chi connectivity index (χ3n) is 1.79. The lowest BCUT2D eigenvalue weighted by atomic mass is 10.1. The molecule has 1 aromatic rings. The highest BCUT2D eigenvalue weighted by atomic mass is 19.3. The lowest BCUT2D eigenvalue weighted by Gasteiger charge is -2.07. The number of hydrogen-bond donors (Lipinski definition) is 1. The molecule has 0 radical (unpaired) electrons. The molecule has 0 unspecified atom stereocenters. The summed E-state index contributed by atoms with van der Waals surface area (Å²) in [7, 11) is 0. The molecule has 0 aliphatic heterocycles. The Labute approximate surface area is 80.2 Å². The van der Waals surface area contributed by atoms with E-state index in [-0.39, 0.29) is 23.4 Å². The first-order chi connectivity index (χ1) is 6.60. The number of aryl methyl sites for hydroxylation is 1. The Morgan fingerprint density at radius 3 is 2.71 bits per heavy atom. The molecule has 0 fully saturated rings. The summed E-state index contributed by atoms with van der Waals surface area (Å²) in [4.78, 5) is 3.92. The maximum Gasteiger partial charge on any atom is 0.265 e. The number of pyridine rings is 1. The van der Waals surface area contributed by atoms with Gasteiger partial charge in [-0.05, 0) is 13.0 Å². The van der Waals surface area contributed by atoms with E-state index in [4.69, 9.17) is 11.0 Å². The van der Waals surface area contributed by atoms with Crippen molar-refractivity contribution in [2.24, 2.45) is 5.73 Å². The Morgan fingerprint density at radius 1 is 1.64 bits per heavy atom. The number of hydrogen-bond acceptors (Lipinski definition) is 3. The lowest BCUT2D eigenvalue weighted by molar-refractivity contribution is 0.150. The largest absolute Gasteiger partial charge is 0.325 e. The first kappa shape index (κ1) is 10.5. The average molecular weight is 197 g/mol.